The smallest absolute Gasteiger partial charge is 0.287 e. The fourth-order valence-electron chi connectivity index (χ4n) is 2.69. The summed E-state index contributed by atoms with van der Waals surface area (Å²) in [7, 11) is 0. The molecule has 110 valence electrons. The molecule has 0 unspecified atom stereocenters. The second kappa shape index (κ2) is 6.22. The lowest BCUT2D eigenvalue weighted by molar-refractivity contribution is -0.385. The molecule has 0 bridgehead atoms. The van der Waals surface area contributed by atoms with E-state index in [2.05, 4.69) is 5.32 Å². The van der Waals surface area contributed by atoms with Crippen molar-refractivity contribution in [2.75, 3.05) is 5.32 Å². The largest absolute Gasteiger partial charge is 0.382 e. The Hall–Kier alpha value is -2.62. The first kappa shape index (κ1) is 14.8. The molecule has 3 N–H and O–H groups in total. The number of anilines is 1. The SMILES string of the molecule is N#Cc1cc(N[C@@H]2CCC[C@@H](C(N)=O)C2)ccc1[N+](=O)[O-]. The van der Waals surface area contributed by atoms with E-state index >= 15 is 0 Å². The maximum atomic E-state index is 11.2. The van der Waals surface area contributed by atoms with Crippen molar-refractivity contribution in [3.63, 3.8) is 0 Å². The average Bonchev–Trinajstić information content (AvgIpc) is 2.47. The van der Waals surface area contributed by atoms with E-state index in [0.717, 1.165) is 19.3 Å². The number of hydrogen-bond donors (Lipinski definition) is 2. The zero-order valence-electron chi connectivity index (χ0n) is 11.4. The Morgan fingerprint density at radius 2 is 2.24 bits per heavy atom. The van der Waals surface area contributed by atoms with Crippen molar-refractivity contribution in [2.45, 2.75) is 31.7 Å². The molecule has 1 aliphatic rings. The van der Waals surface area contributed by atoms with E-state index in [1.54, 1.807) is 6.07 Å². The van der Waals surface area contributed by atoms with Crippen LogP contribution in [-0.2, 0) is 4.79 Å². The van der Waals surface area contributed by atoms with Crippen LogP contribution < -0.4 is 11.1 Å². The van der Waals surface area contributed by atoms with Gasteiger partial charge < -0.3 is 11.1 Å². The normalized spacial score (nSPS) is 21.3. The van der Waals surface area contributed by atoms with E-state index in [9.17, 15) is 14.9 Å². The van der Waals surface area contributed by atoms with Crippen molar-refractivity contribution in [2.24, 2.45) is 11.7 Å². The van der Waals surface area contributed by atoms with Gasteiger partial charge in [-0.15, -0.1) is 0 Å². The lowest BCUT2D eigenvalue weighted by Crippen LogP contribution is -2.34. The molecular weight excluding hydrogens is 272 g/mol. The van der Waals surface area contributed by atoms with Crippen molar-refractivity contribution in [3.8, 4) is 6.07 Å². The third-order valence-corrected chi connectivity index (χ3v) is 3.76. The molecule has 1 aliphatic carbocycles. The van der Waals surface area contributed by atoms with E-state index in [-0.39, 0.29) is 29.1 Å². The molecule has 2 atom stereocenters. The maximum Gasteiger partial charge on any atom is 0.287 e. The minimum absolute atomic E-state index is 0.0206. The number of amides is 1. The van der Waals surface area contributed by atoms with E-state index in [4.69, 9.17) is 11.0 Å². The Balaban J connectivity index is 2.11. The minimum Gasteiger partial charge on any atom is -0.382 e. The lowest BCUT2D eigenvalue weighted by Gasteiger charge is -2.28. The number of nitro groups is 1. The molecule has 1 saturated carbocycles. The molecule has 1 aromatic rings. The van der Waals surface area contributed by atoms with Crippen LogP contribution in [0.25, 0.3) is 0 Å². The van der Waals surface area contributed by atoms with Crippen molar-refractivity contribution in [1.29, 1.82) is 5.26 Å². The predicted molar refractivity (Wildman–Crippen MR) is 76.4 cm³/mol. The van der Waals surface area contributed by atoms with Crippen LogP contribution in [0.15, 0.2) is 18.2 Å². The number of hydrogen-bond acceptors (Lipinski definition) is 5. The number of primary amides is 1. The quantitative estimate of drug-likeness (QED) is 0.647. The summed E-state index contributed by atoms with van der Waals surface area (Å²) in [5.41, 5.74) is 5.80. The number of rotatable bonds is 4. The van der Waals surface area contributed by atoms with Crippen LogP contribution in [0.2, 0.25) is 0 Å². The van der Waals surface area contributed by atoms with Gasteiger partial charge in [0.1, 0.15) is 11.6 Å². The molecular formula is C14H16N4O3. The molecule has 0 heterocycles. The second-order valence-electron chi connectivity index (χ2n) is 5.21. The molecule has 1 fully saturated rings. The van der Waals surface area contributed by atoms with Gasteiger partial charge in [0.15, 0.2) is 0 Å². The first-order chi connectivity index (χ1) is 10.0. The van der Waals surface area contributed by atoms with Crippen molar-refractivity contribution in [1.82, 2.24) is 0 Å². The number of nitrogens with one attached hydrogen (secondary N) is 1. The van der Waals surface area contributed by atoms with E-state index < -0.39 is 4.92 Å². The maximum absolute atomic E-state index is 11.2. The molecule has 0 aromatic heterocycles. The van der Waals surface area contributed by atoms with Crippen LogP contribution in [0.1, 0.15) is 31.2 Å². The summed E-state index contributed by atoms with van der Waals surface area (Å²) in [6, 6.07) is 6.27. The van der Waals surface area contributed by atoms with Gasteiger partial charge >= 0.3 is 0 Å². The van der Waals surface area contributed by atoms with Gasteiger partial charge in [0.05, 0.1) is 4.92 Å². The fraction of sp³-hybridized carbons (Fsp3) is 0.429. The Kier molecular flexibility index (Phi) is 4.38. The lowest BCUT2D eigenvalue weighted by atomic mass is 9.85. The molecule has 1 aromatic carbocycles. The number of nitriles is 1. The highest BCUT2D eigenvalue weighted by molar-refractivity contribution is 5.76. The highest BCUT2D eigenvalue weighted by Gasteiger charge is 2.26. The summed E-state index contributed by atoms with van der Waals surface area (Å²) in [4.78, 5) is 21.5. The van der Waals surface area contributed by atoms with Crippen LogP contribution in [0.3, 0.4) is 0 Å². The molecule has 1 amide bonds. The van der Waals surface area contributed by atoms with Gasteiger partial charge in [-0.2, -0.15) is 5.26 Å². The zero-order valence-corrected chi connectivity index (χ0v) is 11.4. The Morgan fingerprint density at radius 1 is 1.48 bits per heavy atom. The van der Waals surface area contributed by atoms with Crippen LogP contribution in [0.4, 0.5) is 11.4 Å². The van der Waals surface area contributed by atoms with E-state index in [1.165, 1.54) is 12.1 Å². The van der Waals surface area contributed by atoms with Gasteiger partial charge in [0.25, 0.3) is 5.69 Å². The molecule has 21 heavy (non-hydrogen) atoms. The van der Waals surface area contributed by atoms with E-state index in [1.807, 2.05) is 6.07 Å². The van der Waals surface area contributed by atoms with Gasteiger partial charge in [-0.3, -0.25) is 14.9 Å². The Morgan fingerprint density at radius 3 is 2.86 bits per heavy atom. The molecule has 0 aliphatic heterocycles. The molecule has 0 radical (unpaired) electrons. The van der Waals surface area contributed by atoms with Gasteiger partial charge in [-0.05, 0) is 31.4 Å². The highest BCUT2D eigenvalue weighted by Crippen LogP contribution is 2.28. The van der Waals surface area contributed by atoms with Crippen LogP contribution >= 0.6 is 0 Å². The number of benzene rings is 1. The summed E-state index contributed by atoms with van der Waals surface area (Å²) in [6.45, 7) is 0. The number of nitrogens with zero attached hydrogens (tertiary/aromatic N) is 2. The molecule has 0 saturated heterocycles. The van der Waals surface area contributed by atoms with Gasteiger partial charge in [0.2, 0.25) is 5.91 Å². The van der Waals surface area contributed by atoms with Gasteiger partial charge in [-0.25, -0.2) is 0 Å². The van der Waals surface area contributed by atoms with Crippen LogP contribution in [0.5, 0.6) is 0 Å². The molecule has 0 spiro atoms. The summed E-state index contributed by atoms with van der Waals surface area (Å²) in [5.74, 6) is -0.423. The van der Waals surface area contributed by atoms with Crippen molar-refractivity contribution >= 4 is 17.3 Å². The van der Waals surface area contributed by atoms with E-state index in [0.29, 0.717) is 12.1 Å². The fourth-order valence-corrected chi connectivity index (χ4v) is 2.69. The number of nitrogens with two attached hydrogens (primary N) is 1. The number of carbonyl (C=O) groups excluding carboxylic acids is 1. The second-order valence-corrected chi connectivity index (χ2v) is 5.21. The summed E-state index contributed by atoms with van der Waals surface area (Å²) in [6.07, 6.45) is 3.26. The summed E-state index contributed by atoms with van der Waals surface area (Å²) < 4.78 is 0. The summed E-state index contributed by atoms with van der Waals surface area (Å²) >= 11 is 0. The van der Waals surface area contributed by atoms with Crippen LogP contribution in [-0.4, -0.2) is 16.9 Å². The summed E-state index contributed by atoms with van der Waals surface area (Å²) in [5, 5.41) is 23.0. The minimum atomic E-state index is -0.577. The zero-order chi connectivity index (χ0) is 15.4. The van der Waals surface area contributed by atoms with Crippen molar-refractivity contribution in [3.05, 3.63) is 33.9 Å². The molecule has 7 heteroatoms. The highest BCUT2D eigenvalue weighted by atomic mass is 16.6. The third-order valence-electron chi connectivity index (χ3n) is 3.76. The molecule has 7 nitrogen and oxygen atoms in total. The molecule has 2 rings (SSSR count). The van der Waals surface area contributed by atoms with Crippen LogP contribution in [0, 0.1) is 27.4 Å². The van der Waals surface area contributed by atoms with Gasteiger partial charge in [0, 0.05) is 23.7 Å². The standard InChI is InChI=1S/C14H16N4O3/c15-8-10-7-12(4-5-13(10)18(20)21)17-11-3-1-2-9(6-11)14(16)19/h4-5,7,9,11,17H,1-3,6H2,(H2,16,19)/t9-,11-/m1/s1. The topological polar surface area (TPSA) is 122 Å². The van der Waals surface area contributed by atoms with Gasteiger partial charge in [-0.1, -0.05) is 6.42 Å². The average molecular weight is 288 g/mol. The third kappa shape index (κ3) is 3.48. The first-order valence-corrected chi connectivity index (χ1v) is 6.75. The van der Waals surface area contributed by atoms with Crippen molar-refractivity contribution < 1.29 is 9.72 Å². The number of carbonyl (C=O) groups is 1. The predicted octanol–water partition coefficient (Wildman–Crippen LogP) is 1.92. The Labute approximate surface area is 121 Å². The first-order valence-electron chi connectivity index (χ1n) is 6.75. The Bertz CT molecular complexity index is 609. The monoisotopic (exact) mass is 288 g/mol. The number of nitro benzene ring substituents is 1.